The lowest BCUT2D eigenvalue weighted by atomic mass is 10.00. The van der Waals surface area contributed by atoms with Gasteiger partial charge in [-0.2, -0.15) is 26.3 Å². The Bertz CT molecular complexity index is 1180. The number of hydrogen-bond acceptors (Lipinski definition) is 4. The van der Waals surface area contributed by atoms with E-state index in [-0.39, 0.29) is 17.9 Å². The van der Waals surface area contributed by atoms with Crippen LogP contribution in [0.2, 0.25) is 0 Å². The van der Waals surface area contributed by atoms with Gasteiger partial charge in [-0.15, -0.1) is 0 Å². The minimum absolute atomic E-state index is 0.140. The van der Waals surface area contributed by atoms with E-state index in [2.05, 4.69) is 20.6 Å². The van der Waals surface area contributed by atoms with Gasteiger partial charge in [-0.25, -0.2) is 4.99 Å². The smallest absolute Gasteiger partial charge is 0.366 e. The average molecular weight is 464 g/mol. The molecule has 2 N–H and O–H groups in total. The van der Waals surface area contributed by atoms with E-state index in [1.165, 1.54) is 42.6 Å². The molecule has 0 spiro atoms. The van der Waals surface area contributed by atoms with E-state index in [4.69, 9.17) is 0 Å². The summed E-state index contributed by atoms with van der Waals surface area (Å²) in [4.78, 5) is 8.26. The second-order valence-corrected chi connectivity index (χ2v) is 7.51. The molecule has 0 aliphatic carbocycles. The molecule has 1 unspecified atom stereocenters. The number of benzene rings is 2. The molecule has 1 aliphatic rings. The molecule has 4 rings (SSSR count). The second-order valence-electron chi connectivity index (χ2n) is 7.51. The number of nitrogens with zero attached hydrogens (tertiary/aromatic N) is 2. The Labute approximate surface area is 185 Å². The fourth-order valence-electron chi connectivity index (χ4n) is 3.49. The molecule has 172 valence electrons. The van der Waals surface area contributed by atoms with Crippen LogP contribution in [0, 0.1) is 0 Å². The van der Waals surface area contributed by atoms with Crippen LogP contribution in [0.4, 0.5) is 37.7 Å². The zero-order valence-electron chi connectivity index (χ0n) is 17.2. The highest BCUT2D eigenvalue weighted by atomic mass is 19.4. The van der Waals surface area contributed by atoms with Crippen molar-refractivity contribution in [2.45, 2.75) is 25.2 Å². The molecule has 0 saturated heterocycles. The molecular formula is C23H18F6N4. The normalized spacial score (nSPS) is 14.7. The summed E-state index contributed by atoms with van der Waals surface area (Å²) in [7, 11) is 0. The molecule has 2 aromatic carbocycles. The van der Waals surface area contributed by atoms with Crippen LogP contribution in [0.15, 0.2) is 65.8 Å². The number of alkyl halides is 6. The number of anilines is 2. The highest BCUT2D eigenvalue weighted by Crippen LogP contribution is 2.37. The molecule has 4 nitrogen and oxygen atoms in total. The first-order valence-electron chi connectivity index (χ1n) is 9.93. The molecule has 0 radical (unpaired) electrons. The highest BCUT2D eigenvalue weighted by Gasteiger charge is 2.37. The first-order chi connectivity index (χ1) is 15.5. The Morgan fingerprint density at radius 3 is 2.36 bits per heavy atom. The van der Waals surface area contributed by atoms with Gasteiger partial charge in [-0.1, -0.05) is 18.2 Å². The van der Waals surface area contributed by atoms with E-state index in [1.807, 2.05) is 0 Å². The van der Waals surface area contributed by atoms with Gasteiger partial charge in [0.1, 0.15) is 12.5 Å². The van der Waals surface area contributed by atoms with Gasteiger partial charge < -0.3 is 10.6 Å². The summed E-state index contributed by atoms with van der Waals surface area (Å²) in [6, 6.07) is 12.8. The molecule has 0 fully saturated rings. The third-order valence-electron chi connectivity index (χ3n) is 5.33. The van der Waals surface area contributed by atoms with Crippen LogP contribution < -0.4 is 10.6 Å². The minimum atomic E-state index is -4.54. The Morgan fingerprint density at radius 1 is 0.970 bits per heavy atom. The summed E-state index contributed by atoms with van der Waals surface area (Å²) in [5.41, 5.74) is 1.13. The Kier molecular flexibility index (Phi) is 5.77. The first-order valence-corrected chi connectivity index (χ1v) is 9.93. The van der Waals surface area contributed by atoms with Crippen LogP contribution in [0.1, 0.15) is 29.5 Å². The molecule has 3 aromatic rings. The van der Waals surface area contributed by atoms with Crippen molar-refractivity contribution < 1.29 is 26.3 Å². The van der Waals surface area contributed by atoms with Crippen molar-refractivity contribution >= 4 is 17.2 Å². The lowest BCUT2D eigenvalue weighted by molar-refractivity contribution is -0.146. The number of aromatic nitrogens is 1. The van der Waals surface area contributed by atoms with Gasteiger partial charge in [-0.3, -0.25) is 4.98 Å². The van der Waals surface area contributed by atoms with Gasteiger partial charge >= 0.3 is 12.4 Å². The van der Waals surface area contributed by atoms with Crippen molar-refractivity contribution in [2.75, 3.05) is 17.3 Å². The first kappa shape index (κ1) is 22.6. The van der Waals surface area contributed by atoms with E-state index < -0.39 is 23.8 Å². The molecule has 1 atom stereocenters. The van der Waals surface area contributed by atoms with E-state index in [0.29, 0.717) is 28.3 Å². The molecule has 2 heterocycles. The minimum Gasteiger partial charge on any atom is -0.366 e. The lowest BCUT2D eigenvalue weighted by Crippen LogP contribution is -2.22. The summed E-state index contributed by atoms with van der Waals surface area (Å²) in [5.74, 6) is -1.14. The molecule has 10 heteroatoms. The second kappa shape index (κ2) is 8.42. The van der Waals surface area contributed by atoms with Crippen molar-refractivity contribution in [1.82, 2.24) is 4.98 Å². The van der Waals surface area contributed by atoms with Gasteiger partial charge in [0.05, 0.1) is 17.2 Å². The number of fused-ring (bicyclic) bond motifs is 1. The van der Waals surface area contributed by atoms with Gasteiger partial charge in [-0.05, 0) is 48.9 Å². The van der Waals surface area contributed by atoms with Crippen LogP contribution in [0.3, 0.4) is 0 Å². The van der Waals surface area contributed by atoms with Crippen LogP contribution in [0.25, 0.3) is 11.3 Å². The molecule has 33 heavy (non-hydrogen) atoms. The molecule has 0 saturated carbocycles. The van der Waals surface area contributed by atoms with Gasteiger partial charge in [0.25, 0.3) is 0 Å². The summed E-state index contributed by atoms with van der Waals surface area (Å²) in [6.45, 7) is 1.27. The van der Waals surface area contributed by atoms with E-state index in [0.717, 1.165) is 13.0 Å². The van der Waals surface area contributed by atoms with Gasteiger partial charge in [0.15, 0.2) is 0 Å². The summed E-state index contributed by atoms with van der Waals surface area (Å²) in [5, 5.41) is 6.10. The predicted molar refractivity (Wildman–Crippen MR) is 114 cm³/mol. The monoisotopic (exact) mass is 464 g/mol. The third-order valence-corrected chi connectivity index (χ3v) is 5.33. The van der Waals surface area contributed by atoms with Crippen molar-refractivity contribution in [3.63, 3.8) is 0 Å². The number of aliphatic imine (C=N–C) groups is 1. The van der Waals surface area contributed by atoms with Gasteiger partial charge in [0, 0.05) is 28.7 Å². The number of hydrogen-bond donors (Lipinski definition) is 2. The Hall–Kier alpha value is -3.56. The largest absolute Gasteiger partial charge is 0.418 e. The van der Waals surface area contributed by atoms with Crippen LogP contribution in [0.5, 0.6) is 0 Å². The lowest BCUT2D eigenvalue weighted by Gasteiger charge is -2.21. The van der Waals surface area contributed by atoms with Gasteiger partial charge in [0.2, 0.25) is 0 Å². The topological polar surface area (TPSA) is 49.3 Å². The van der Waals surface area contributed by atoms with Crippen LogP contribution in [-0.4, -0.2) is 23.7 Å². The van der Waals surface area contributed by atoms with Crippen LogP contribution >= 0.6 is 0 Å². The molecule has 0 bridgehead atoms. The van der Waals surface area contributed by atoms with Crippen molar-refractivity contribution in [3.8, 4) is 11.3 Å². The molecule has 1 aromatic heterocycles. The Morgan fingerprint density at radius 2 is 1.70 bits per heavy atom. The number of pyridine rings is 1. The maximum atomic E-state index is 13.4. The molecule has 1 aliphatic heterocycles. The fourth-order valence-corrected chi connectivity index (χ4v) is 3.49. The summed E-state index contributed by atoms with van der Waals surface area (Å²) >= 11 is 0. The summed E-state index contributed by atoms with van der Waals surface area (Å²) in [6.07, 6.45) is -7.57. The standard InChI is InChI=1S/C23H18F6N4/c1-13(22(24,25)26)14-4-7-16(8-5-14)33-21-17-9-6-15(11-19(17)31-12-32-21)20-18(23(27,28)29)3-2-10-30-20/h2-11,13,31H,12H2,1H3,(H,32,33). The van der Waals surface area contributed by atoms with E-state index in [9.17, 15) is 26.3 Å². The zero-order valence-corrected chi connectivity index (χ0v) is 17.2. The SMILES string of the molecule is CC(c1ccc(NC2=NCNc3cc(-c4ncccc4C(F)(F)F)ccc32)cc1)C(F)(F)F. The predicted octanol–water partition coefficient (Wildman–Crippen LogP) is 6.67. The average Bonchev–Trinajstić information content (AvgIpc) is 2.78. The van der Waals surface area contributed by atoms with Crippen molar-refractivity contribution in [3.05, 3.63) is 77.5 Å². The van der Waals surface area contributed by atoms with E-state index in [1.54, 1.807) is 12.1 Å². The summed E-state index contributed by atoms with van der Waals surface area (Å²) < 4.78 is 78.9. The third kappa shape index (κ3) is 4.79. The molecule has 0 amide bonds. The number of amidine groups is 1. The quantitative estimate of drug-likeness (QED) is 0.426. The maximum Gasteiger partial charge on any atom is 0.418 e. The molecular weight excluding hydrogens is 446 g/mol. The van der Waals surface area contributed by atoms with Crippen molar-refractivity contribution in [2.24, 2.45) is 4.99 Å². The van der Waals surface area contributed by atoms with E-state index >= 15 is 0 Å². The zero-order chi connectivity index (χ0) is 23.8. The fraction of sp³-hybridized carbons (Fsp3) is 0.217. The number of halogens is 6. The number of nitrogens with one attached hydrogen (secondary N) is 2. The Balaban J connectivity index is 1.59. The maximum absolute atomic E-state index is 13.4. The van der Waals surface area contributed by atoms with Crippen LogP contribution in [-0.2, 0) is 6.18 Å². The van der Waals surface area contributed by atoms with Crippen molar-refractivity contribution in [1.29, 1.82) is 0 Å². The highest BCUT2D eigenvalue weighted by molar-refractivity contribution is 6.13. The number of rotatable bonds is 3.